The molecule has 0 radical (unpaired) electrons. The van der Waals surface area contributed by atoms with Gasteiger partial charge in [0.05, 0.1) is 12.7 Å². The smallest absolute Gasteiger partial charge is 0.255 e. The lowest BCUT2D eigenvalue weighted by molar-refractivity contribution is -0.119. The number of hydrogen-bond donors (Lipinski definition) is 3. The highest BCUT2D eigenvalue weighted by Gasteiger charge is 2.15. The van der Waals surface area contributed by atoms with Crippen LogP contribution < -0.4 is 21.1 Å². The molecular formula is C19H23N3O3. The molecule has 4 N–H and O–H groups in total. The van der Waals surface area contributed by atoms with Crippen molar-refractivity contribution >= 4 is 11.6 Å². The van der Waals surface area contributed by atoms with E-state index in [0.717, 1.165) is 30.9 Å². The van der Waals surface area contributed by atoms with E-state index in [2.05, 4.69) is 34.9 Å². The average molecular weight is 341 g/mol. The van der Waals surface area contributed by atoms with E-state index in [-0.39, 0.29) is 12.7 Å². The van der Waals surface area contributed by atoms with Gasteiger partial charge >= 0.3 is 0 Å². The number of morpholine rings is 1. The van der Waals surface area contributed by atoms with E-state index in [1.165, 1.54) is 5.56 Å². The topological polar surface area (TPSA) is 85.6 Å². The van der Waals surface area contributed by atoms with Crippen LogP contribution in [0.5, 0.6) is 5.75 Å². The number of ether oxygens (including phenoxy) is 2. The number of benzene rings is 2. The molecule has 6 heteroatoms. The van der Waals surface area contributed by atoms with Crippen LogP contribution in [-0.4, -0.2) is 32.2 Å². The summed E-state index contributed by atoms with van der Waals surface area (Å²) in [7, 11) is 0. The Kier molecular flexibility index (Phi) is 5.87. The highest BCUT2D eigenvalue weighted by atomic mass is 16.5. The van der Waals surface area contributed by atoms with E-state index < -0.39 is 5.91 Å². The molecule has 0 bridgehead atoms. The molecule has 1 unspecified atom stereocenters. The number of rotatable bonds is 7. The first-order valence-electron chi connectivity index (χ1n) is 8.37. The number of anilines is 1. The average Bonchev–Trinajstić information content (AvgIpc) is 2.66. The van der Waals surface area contributed by atoms with Crippen LogP contribution in [0.4, 0.5) is 5.69 Å². The summed E-state index contributed by atoms with van der Waals surface area (Å²) in [5, 5.41) is 6.73. The van der Waals surface area contributed by atoms with Crippen LogP contribution in [0.1, 0.15) is 17.2 Å². The quantitative estimate of drug-likeness (QED) is 0.715. The zero-order valence-corrected chi connectivity index (χ0v) is 14.0. The molecule has 1 aliphatic rings. The maximum Gasteiger partial charge on any atom is 0.255 e. The summed E-state index contributed by atoms with van der Waals surface area (Å²) in [5.41, 5.74) is 8.42. The summed E-state index contributed by atoms with van der Waals surface area (Å²) in [6, 6.07) is 15.9. The van der Waals surface area contributed by atoms with Gasteiger partial charge in [0.1, 0.15) is 5.75 Å². The fourth-order valence-corrected chi connectivity index (χ4v) is 2.66. The Morgan fingerprint density at radius 1 is 1.20 bits per heavy atom. The Bertz CT molecular complexity index is 680. The Morgan fingerprint density at radius 2 is 1.96 bits per heavy atom. The molecule has 6 nitrogen and oxygen atoms in total. The van der Waals surface area contributed by atoms with Gasteiger partial charge in [-0.2, -0.15) is 0 Å². The maximum atomic E-state index is 10.7. The first-order valence-corrected chi connectivity index (χ1v) is 8.37. The largest absolute Gasteiger partial charge is 0.484 e. The molecule has 25 heavy (non-hydrogen) atoms. The molecule has 2 aromatic carbocycles. The van der Waals surface area contributed by atoms with E-state index in [9.17, 15) is 4.79 Å². The zero-order valence-electron chi connectivity index (χ0n) is 14.0. The summed E-state index contributed by atoms with van der Waals surface area (Å²) in [6.45, 7) is 3.13. The molecule has 0 spiro atoms. The highest BCUT2D eigenvalue weighted by molar-refractivity contribution is 5.75. The first kappa shape index (κ1) is 17.3. The molecule has 0 aliphatic carbocycles. The molecule has 0 saturated carbocycles. The molecule has 1 saturated heterocycles. The minimum Gasteiger partial charge on any atom is -0.484 e. The van der Waals surface area contributed by atoms with Gasteiger partial charge < -0.3 is 25.8 Å². The third-order valence-electron chi connectivity index (χ3n) is 4.01. The molecule has 1 aliphatic heterocycles. The van der Waals surface area contributed by atoms with Crippen molar-refractivity contribution in [1.82, 2.24) is 5.32 Å². The third kappa shape index (κ3) is 5.20. The minimum atomic E-state index is -0.483. The van der Waals surface area contributed by atoms with Gasteiger partial charge in [0.2, 0.25) is 0 Å². The van der Waals surface area contributed by atoms with Crippen LogP contribution >= 0.6 is 0 Å². The molecule has 3 rings (SSSR count). The number of amides is 1. The molecule has 1 atom stereocenters. The summed E-state index contributed by atoms with van der Waals surface area (Å²) >= 11 is 0. The van der Waals surface area contributed by atoms with Gasteiger partial charge in [-0.1, -0.05) is 24.3 Å². The summed E-state index contributed by atoms with van der Waals surface area (Å²) in [5.74, 6) is 0.150. The Morgan fingerprint density at radius 3 is 2.60 bits per heavy atom. The summed E-state index contributed by atoms with van der Waals surface area (Å²) in [6.07, 6.45) is 0.135. The second kappa shape index (κ2) is 8.50. The van der Waals surface area contributed by atoms with Gasteiger partial charge in [-0.15, -0.1) is 0 Å². The van der Waals surface area contributed by atoms with E-state index in [1.807, 2.05) is 24.3 Å². The Balaban J connectivity index is 1.50. The van der Waals surface area contributed by atoms with Gasteiger partial charge in [0, 0.05) is 25.3 Å². The lowest BCUT2D eigenvalue weighted by atomic mass is 10.1. The minimum absolute atomic E-state index is 0.107. The lowest BCUT2D eigenvalue weighted by Gasteiger charge is -2.24. The zero-order chi connectivity index (χ0) is 17.5. The molecule has 1 heterocycles. The van der Waals surface area contributed by atoms with Crippen molar-refractivity contribution in [3.05, 3.63) is 59.7 Å². The van der Waals surface area contributed by atoms with Crippen molar-refractivity contribution in [3.63, 3.8) is 0 Å². The monoisotopic (exact) mass is 341 g/mol. The van der Waals surface area contributed by atoms with E-state index in [4.69, 9.17) is 15.2 Å². The lowest BCUT2D eigenvalue weighted by Crippen LogP contribution is -2.33. The van der Waals surface area contributed by atoms with Gasteiger partial charge in [-0.25, -0.2) is 0 Å². The van der Waals surface area contributed by atoms with Crippen molar-refractivity contribution in [2.45, 2.75) is 12.6 Å². The SMILES string of the molecule is NC(=O)COc1ccc(CNc2ccc(C3CNCCO3)cc2)cc1. The fourth-order valence-electron chi connectivity index (χ4n) is 2.66. The number of carbonyl (C=O) groups excluding carboxylic acids is 1. The highest BCUT2D eigenvalue weighted by Crippen LogP contribution is 2.21. The molecule has 1 fully saturated rings. The van der Waals surface area contributed by atoms with Crippen molar-refractivity contribution < 1.29 is 14.3 Å². The second-order valence-electron chi connectivity index (χ2n) is 5.94. The predicted octanol–water partition coefficient (Wildman–Crippen LogP) is 1.82. The van der Waals surface area contributed by atoms with Crippen molar-refractivity contribution in [2.24, 2.45) is 5.73 Å². The standard InChI is InChI=1S/C19H23N3O3/c20-19(23)13-25-17-7-1-14(2-8-17)11-22-16-5-3-15(4-6-16)18-12-21-9-10-24-18/h1-8,18,21-22H,9-13H2,(H2,20,23). The second-order valence-corrected chi connectivity index (χ2v) is 5.94. The van der Waals surface area contributed by atoms with Gasteiger partial charge in [0.15, 0.2) is 6.61 Å². The van der Waals surface area contributed by atoms with Gasteiger partial charge in [0.25, 0.3) is 5.91 Å². The maximum absolute atomic E-state index is 10.7. The fraction of sp³-hybridized carbons (Fsp3) is 0.316. The van der Waals surface area contributed by atoms with E-state index in [0.29, 0.717) is 12.3 Å². The number of carbonyl (C=O) groups is 1. The first-order chi connectivity index (χ1) is 12.2. The number of nitrogens with two attached hydrogens (primary N) is 1. The summed E-state index contributed by atoms with van der Waals surface area (Å²) < 4.78 is 11.0. The van der Waals surface area contributed by atoms with Crippen LogP contribution in [-0.2, 0) is 16.1 Å². The van der Waals surface area contributed by atoms with Gasteiger partial charge in [-0.3, -0.25) is 4.79 Å². The number of hydrogen-bond acceptors (Lipinski definition) is 5. The number of nitrogens with one attached hydrogen (secondary N) is 2. The van der Waals surface area contributed by atoms with E-state index in [1.54, 1.807) is 0 Å². The van der Waals surface area contributed by atoms with Crippen molar-refractivity contribution in [3.8, 4) is 5.75 Å². The van der Waals surface area contributed by atoms with Crippen LogP contribution in [0.2, 0.25) is 0 Å². The van der Waals surface area contributed by atoms with Gasteiger partial charge in [-0.05, 0) is 35.4 Å². The van der Waals surface area contributed by atoms with Crippen LogP contribution in [0.3, 0.4) is 0 Å². The Labute approximate surface area is 147 Å². The molecular weight excluding hydrogens is 318 g/mol. The molecule has 0 aromatic heterocycles. The van der Waals surface area contributed by atoms with Crippen molar-refractivity contribution in [1.29, 1.82) is 0 Å². The normalized spacial score (nSPS) is 17.0. The van der Waals surface area contributed by atoms with Crippen LogP contribution in [0.25, 0.3) is 0 Å². The molecule has 2 aromatic rings. The third-order valence-corrected chi connectivity index (χ3v) is 4.01. The van der Waals surface area contributed by atoms with Crippen LogP contribution in [0, 0.1) is 0 Å². The predicted molar refractivity (Wildman–Crippen MR) is 96.5 cm³/mol. The Hall–Kier alpha value is -2.57. The molecule has 132 valence electrons. The van der Waals surface area contributed by atoms with E-state index >= 15 is 0 Å². The van der Waals surface area contributed by atoms with Crippen molar-refractivity contribution in [2.75, 3.05) is 31.6 Å². The van der Waals surface area contributed by atoms with Crippen LogP contribution in [0.15, 0.2) is 48.5 Å². The molecule has 1 amide bonds. The number of primary amides is 1. The summed E-state index contributed by atoms with van der Waals surface area (Å²) in [4.78, 5) is 10.7.